The molecule has 0 bridgehead atoms. The van der Waals surface area contributed by atoms with Gasteiger partial charge in [-0.05, 0) is 42.4 Å². The topological polar surface area (TPSA) is 53.7 Å². The molecule has 0 aliphatic rings. The summed E-state index contributed by atoms with van der Waals surface area (Å²) in [6.07, 6.45) is 0. The maximum Gasteiger partial charge on any atom is 0.336 e. The van der Waals surface area contributed by atoms with Crippen molar-refractivity contribution in [3.05, 3.63) is 74.6 Å². The van der Waals surface area contributed by atoms with Gasteiger partial charge in [0.1, 0.15) is 11.3 Å². The Morgan fingerprint density at radius 3 is 2.57 bits per heavy atom. The summed E-state index contributed by atoms with van der Waals surface area (Å²) in [4.78, 5) is 13.9. The Kier molecular flexibility index (Phi) is 4.50. The van der Waals surface area contributed by atoms with Gasteiger partial charge in [-0.25, -0.2) is 4.79 Å². The van der Waals surface area contributed by atoms with Crippen LogP contribution in [0.4, 0.5) is 0 Å². The van der Waals surface area contributed by atoms with Gasteiger partial charge in [0.2, 0.25) is 0 Å². The Morgan fingerprint density at radius 1 is 1.09 bits per heavy atom. The first-order chi connectivity index (χ1) is 11.0. The molecule has 5 heteroatoms. The van der Waals surface area contributed by atoms with Gasteiger partial charge in [0.15, 0.2) is 0 Å². The minimum Gasteiger partial charge on any atom is -0.508 e. The zero-order chi connectivity index (χ0) is 16.4. The third kappa shape index (κ3) is 3.81. The Hall–Kier alpha value is -2.11. The number of hydrogen-bond donors (Lipinski definition) is 1. The van der Waals surface area contributed by atoms with E-state index in [1.807, 2.05) is 19.2 Å². The fraction of sp³-hybridized carbons (Fsp3) is 0.167. The molecule has 0 amide bonds. The second kappa shape index (κ2) is 6.56. The van der Waals surface area contributed by atoms with Crippen LogP contribution in [0, 0.1) is 0 Å². The molecule has 0 aliphatic carbocycles. The summed E-state index contributed by atoms with van der Waals surface area (Å²) < 4.78 is 6.21. The highest BCUT2D eigenvalue weighted by atomic mass is 79.9. The largest absolute Gasteiger partial charge is 0.508 e. The zero-order valence-corrected chi connectivity index (χ0v) is 14.2. The molecule has 0 saturated carbocycles. The molecular formula is C18H16BrNO3. The Labute approximate surface area is 142 Å². The summed E-state index contributed by atoms with van der Waals surface area (Å²) in [6.45, 7) is 1.38. The molecular weight excluding hydrogens is 358 g/mol. The minimum absolute atomic E-state index is 0.0843. The van der Waals surface area contributed by atoms with Crippen LogP contribution in [-0.2, 0) is 13.1 Å². The number of nitrogens with zero attached hydrogens (tertiary/aromatic N) is 1. The summed E-state index contributed by atoms with van der Waals surface area (Å²) >= 11 is 3.43. The summed E-state index contributed by atoms with van der Waals surface area (Å²) in [5.41, 5.74) is 2.08. The maximum atomic E-state index is 11.7. The van der Waals surface area contributed by atoms with Crippen molar-refractivity contribution < 1.29 is 9.52 Å². The van der Waals surface area contributed by atoms with Crippen LogP contribution in [-0.4, -0.2) is 17.1 Å². The van der Waals surface area contributed by atoms with Crippen molar-refractivity contribution in [3.63, 3.8) is 0 Å². The van der Waals surface area contributed by atoms with Crippen LogP contribution < -0.4 is 5.63 Å². The van der Waals surface area contributed by atoms with Crippen molar-refractivity contribution in [2.45, 2.75) is 13.1 Å². The lowest BCUT2D eigenvalue weighted by Gasteiger charge is -2.17. The van der Waals surface area contributed by atoms with E-state index in [4.69, 9.17) is 4.42 Å². The van der Waals surface area contributed by atoms with E-state index in [1.54, 1.807) is 12.1 Å². The smallest absolute Gasteiger partial charge is 0.336 e. The first kappa shape index (κ1) is 15.8. The molecule has 3 rings (SSSR count). The highest BCUT2D eigenvalue weighted by molar-refractivity contribution is 9.10. The van der Waals surface area contributed by atoms with E-state index in [0.29, 0.717) is 12.1 Å². The molecule has 0 aliphatic heterocycles. The summed E-state index contributed by atoms with van der Waals surface area (Å²) in [7, 11) is 2.00. The van der Waals surface area contributed by atoms with Crippen molar-refractivity contribution in [1.29, 1.82) is 0 Å². The molecule has 0 radical (unpaired) electrons. The predicted molar refractivity (Wildman–Crippen MR) is 93.5 cm³/mol. The molecule has 0 spiro atoms. The van der Waals surface area contributed by atoms with Gasteiger partial charge in [-0.3, -0.25) is 4.90 Å². The molecule has 1 heterocycles. The molecule has 4 nitrogen and oxygen atoms in total. The van der Waals surface area contributed by atoms with E-state index in [2.05, 4.69) is 33.0 Å². The van der Waals surface area contributed by atoms with Gasteiger partial charge < -0.3 is 9.52 Å². The number of aromatic hydroxyl groups is 1. The van der Waals surface area contributed by atoms with Crippen molar-refractivity contribution in [2.24, 2.45) is 0 Å². The first-order valence-corrected chi connectivity index (χ1v) is 7.99. The van der Waals surface area contributed by atoms with E-state index < -0.39 is 5.63 Å². The molecule has 0 unspecified atom stereocenters. The van der Waals surface area contributed by atoms with Crippen LogP contribution >= 0.6 is 15.9 Å². The van der Waals surface area contributed by atoms with E-state index in [1.165, 1.54) is 17.7 Å². The Balaban J connectivity index is 1.85. The lowest BCUT2D eigenvalue weighted by Crippen LogP contribution is -2.18. The molecule has 1 N–H and O–H groups in total. The van der Waals surface area contributed by atoms with E-state index in [-0.39, 0.29) is 5.75 Å². The van der Waals surface area contributed by atoms with Crippen LogP contribution in [0.25, 0.3) is 11.0 Å². The third-order valence-corrected chi connectivity index (χ3v) is 4.15. The number of phenolic OH excluding ortho intramolecular Hbond substituents is 1. The maximum absolute atomic E-state index is 11.7. The molecule has 0 fully saturated rings. The second-order valence-corrected chi connectivity index (χ2v) is 6.49. The van der Waals surface area contributed by atoms with Gasteiger partial charge in [0, 0.05) is 35.1 Å². The SMILES string of the molecule is CN(Cc1ccc(Br)cc1)Cc1cc(=O)oc2cc(O)ccc12. The molecule has 118 valence electrons. The van der Waals surface area contributed by atoms with Crippen molar-refractivity contribution in [3.8, 4) is 5.75 Å². The van der Waals surface area contributed by atoms with Crippen LogP contribution in [0.3, 0.4) is 0 Å². The van der Waals surface area contributed by atoms with Crippen LogP contribution in [0.5, 0.6) is 5.75 Å². The number of hydrogen-bond acceptors (Lipinski definition) is 4. The van der Waals surface area contributed by atoms with E-state index >= 15 is 0 Å². The number of rotatable bonds is 4. The average Bonchev–Trinajstić information content (AvgIpc) is 2.49. The number of phenols is 1. The predicted octanol–water partition coefficient (Wildman–Crippen LogP) is 3.89. The molecule has 1 aromatic heterocycles. The van der Waals surface area contributed by atoms with Crippen molar-refractivity contribution >= 4 is 26.9 Å². The second-order valence-electron chi connectivity index (χ2n) is 5.57. The summed E-state index contributed by atoms with van der Waals surface area (Å²) in [6, 6.07) is 14.5. The van der Waals surface area contributed by atoms with Gasteiger partial charge in [-0.2, -0.15) is 0 Å². The fourth-order valence-electron chi connectivity index (χ4n) is 2.60. The Bertz CT molecular complexity index is 887. The van der Waals surface area contributed by atoms with Gasteiger partial charge >= 0.3 is 5.63 Å². The quantitative estimate of drug-likeness (QED) is 0.704. The lowest BCUT2D eigenvalue weighted by molar-refractivity contribution is 0.319. The zero-order valence-electron chi connectivity index (χ0n) is 12.6. The van der Waals surface area contributed by atoms with Gasteiger partial charge in [0.25, 0.3) is 0 Å². The number of benzene rings is 2. The molecule has 0 saturated heterocycles. The van der Waals surface area contributed by atoms with E-state index in [9.17, 15) is 9.90 Å². The standard InChI is InChI=1S/C18H16BrNO3/c1-20(10-12-2-4-14(19)5-3-12)11-13-8-18(22)23-17-9-15(21)6-7-16(13)17/h2-9,21H,10-11H2,1H3. The van der Waals surface area contributed by atoms with Crippen LogP contribution in [0.1, 0.15) is 11.1 Å². The Morgan fingerprint density at radius 2 is 1.83 bits per heavy atom. The molecule has 2 aromatic carbocycles. The molecule has 3 aromatic rings. The highest BCUT2D eigenvalue weighted by Gasteiger charge is 2.09. The molecule has 23 heavy (non-hydrogen) atoms. The van der Waals surface area contributed by atoms with E-state index in [0.717, 1.165) is 22.0 Å². The third-order valence-electron chi connectivity index (χ3n) is 3.62. The fourth-order valence-corrected chi connectivity index (χ4v) is 2.86. The van der Waals surface area contributed by atoms with Gasteiger partial charge in [0.05, 0.1) is 0 Å². The summed E-state index contributed by atoms with van der Waals surface area (Å²) in [5.74, 6) is 0.0843. The monoisotopic (exact) mass is 373 g/mol. The van der Waals surface area contributed by atoms with Gasteiger partial charge in [-0.15, -0.1) is 0 Å². The average molecular weight is 374 g/mol. The van der Waals surface area contributed by atoms with Crippen LogP contribution in [0.2, 0.25) is 0 Å². The summed E-state index contributed by atoms with van der Waals surface area (Å²) in [5, 5.41) is 10.4. The minimum atomic E-state index is -0.407. The lowest BCUT2D eigenvalue weighted by atomic mass is 10.1. The number of halogens is 1. The van der Waals surface area contributed by atoms with Crippen molar-refractivity contribution in [1.82, 2.24) is 4.90 Å². The highest BCUT2D eigenvalue weighted by Crippen LogP contribution is 2.23. The normalized spacial score (nSPS) is 11.3. The molecule has 0 atom stereocenters. The van der Waals surface area contributed by atoms with Crippen molar-refractivity contribution in [2.75, 3.05) is 7.05 Å². The van der Waals surface area contributed by atoms with Gasteiger partial charge in [-0.1, -0.05) is 28.1 Å². The van der Waals surface area contributed by atoms with Crippen LogP contribution in [0.15, 0.2) is 62.2 Å². The number of fused-ring (bicyclic) bond motifs is 1. The first-order valence-electron chi connectivity index (χ1n) is 7.20.